The van der Waals surface area contributed by atoms with Crippen LogP contribution in [0.1, 0.15) is 29.2 Å². The number of alkyl halides is 3. The Hall–Kier alpha value is -4.01. The van der Waals surface area contributed by atoms with Crippen molar-refractivity contribution in [3.8, 4) is 0 Å². The van der Waals surface area contributed by atoms with Crippen molar-refractivity contribution in [1.29, 1.82) is 0 Å². The molecule has 0 bridgehead atoms. The van der Waals surface area contributed by atoms with E-state index in [0.29, 0.717) is 22.9 Å². The molecule has 1 atom stereocenters. The van der Waals surface area contributed by atoms with E-state index in [-0.39, 0.29) is 12.2 Å². The molecule has 0 N–H and O–H groups in total. The largest absolute Gasteiger partial charge is 0.464 e. The summed E-state index contributed by atoms with van der Waals surface area (Å²) in [6.45, 7) is 1.60. The average Bonchev–Trinajstić information content (AvgIpc) is 2.82. The Bertz CT molecular complexity index is 1140. The Balaban J connectivity index is 2.16. The molecule has 3 aromatic carbocycles. The summed E-state index contributed by atoms with van der Waals surface area (Å²) >= 11 is 0. The van der Waals surface area contributed by atoms with Gasteiger partial charge in [-0.05, 0) is 13.0 Å². The minimum absolute atomic E-state index is 0.0154. The highest BCUT2D eigenvalue weighted by atomic mass is 19.4. The van der Waals surface area contributed by atoms with Crippen molar-refractivity contribution in [2.24, 2.45) is 4.99 Å². The van der Waals surface area contributed by atoms with Crippen LogP contribution < -0.4 is 0 Å². The molecule has 176 valence electrons. The number of halogens is 3. The van der Waals surface area contributed by atoms with Gasteiger partial charge in [-0.15, -0.1) is 0 Å². The molecule has 0 spiro atoms. The minimum atomic E-state index is -4.93. The Morgan fingerprint density at radius 3 is 2.00 bits per heavy atom. The van der Waals surface area contributed by atoms with E-state index in [4.69, 9.17) is 4.74 Å². The van der Waals surface area contributed by atoms with Crippen molar-refractivity contribution in [3.05, 3.63) is 111 Å². The first-order valence-electron chi connectivity index (χ1n) is 10.4. The Labute approximate surface area is 193 Å². The lowest BCUT2D eigenvalue weighted by atomic mass is 9.98. The van der Waals surface area contributed by atoms with Crippen molar-refractivity contribution < 1.29 is 27.6 Å². The summed E-state index contributed by atoms with van der Waals surface area (Å²) in [6.07, 6.45) is -5.37. The molecule has 0 aliphatic carbocycles. The van der Waals surface area contributed by atoms with Gasteiger partial charge in [0.2, 0.25) is 0 Å². The molecule has 0 amide bonds. The zero-order valence-electron chi connectivity index (χ0n) is 18.2. The summed E-state index contributed by atoms with van der Waals surface area (Å²) in [6, 6.07) is 19.5. The van der Waals surface area contributed by atoms with Crippen molar-refractivity contribution in [1.82, 2.24) is 0 Å². The smallest absolute Gasteiger partial charge is 0.423 e. The van der Waals surface area contributed by atoms with E-state index in [1.165, 1.54) is 6.07 Å². The van der Waals surface area contributed by atoms with Gasteiger partial charge < -0.3 is 4.74 Å². The van der Waals surface area contributed by atoms with Crippen LogP contribution in [-0.4, -0.2) is 29.3 Å². The second-order valence-electron chi connectivity index (χ2n) is 7.25. The monoisotopic (exact) mass is 470 g/mol. The van der Waals surface area contributed by atoms with Gasteiger partial charge in [0.15, 0.2) is 6.04 Å². The van der Waals surface area contributed by atoms with E-state index in [9.17, 15) is 28.1 Å². The number of hydrogen-bond acceptors (Lipinski definition) is 5. The zero-order chi connectivity index (χ0) is 24.7. The van der Waals surface area contributed by atoms with Crippen LogP contribution in [0.5, 0.6) is 0 Å². The molecular formula is C25H21F3N2O4. The van der Waals surface area contributed by atoms with Crippen LogP contribution in [0.3, 0.4) is 0 Å². The Kier molecular flexibility index (Phi) is 7.78. The van der Waals surface area contributed by atoms with Gasteiger partial charge in [0.05, 0.1) is 17.2 Å². The van der Waals surface area contributed by atoms with E-state index in [1.54, 1.807) is 67.6 Å². The van der Waals surface area contributed by atoms with E-state index in [2.05, 4.69) is 4.99 Å². The SMILES string of the molecule is CCOC(=O)C(Cc1cccc(C(F)(F)F)c1[N+](=O)[O-])N=C(c1ccccc1)c1ccccc1. The lowest BCUT2D eigenvalue weighted by Gasteiger charge is -2.16. The lowest BCUT2D eigenvalue weighted by molar-refractivity contribution is -0.388. The highest BCUT2D eigenvalue weighted by Crippen LogP contribution is 2.38. The van der Waals surface area contributed by atoms with E-state index in [1.807, 2.05) is 0 Å². The first-order chi connectivity index (χ1) is 16.2. The molecule has 3 aromatic rings. The van der Waals surface area contributed by atoms with Crippen molar-refractivity contribution in [2.45, 2.75) is 25.6 Å². The van der Waals surface area contributed by atoms with Crippen molar-refractivity contribution >= 4 is 17.4 Å². The third-order valence-electron chi connectivity index (χ3n) is 4.96. The number of nitrogens with zero attached hydrogens (tertiary/aromatic N) is 2. The Morgan fingerprint density at radius 2 is 1.53 bits per heavy atom. The number of ether oxygens (including phenoxy) is 1. The number of carbonyl (C=O) groups excluding carboxylic acids is 1. The number of hydrogen-bond donors (Lipinski definition) is 0. The number of rotatable bonds is 8. The molecule has 0 heterocycles. The second-order valence-corrected chi connectivity index (χ2v) is 7.25. The maximum atomic E-state index is 13.4. The van der Waals surface area contributed by atoms with Gasteiger partial charge in [-0.25, -0.2) is 4.79 Å². The van der Waals surface area contributed by atoms with Gasteiger partial charge in [0.25, 0.3) is 5.69 Å². The number of esters is 1. The fourth-order valence-electron chi connectivity index (χ4n) is 3.49. The quantitative estimate of drug-likeness (QED) is 0.185. The number of benzene rings is 3. The van der Waals surface area contributed by atoms with E-state index in [0.717, 1.165) is 6.07 Å². The van der Waals surface area contributed by atoms with Gasteiger partial charge in [-0.2, -0.15) is 13.2 Å². The molecule has 0 saturated carbocycles. The predicted molar refractivity (Wildman–Crippen MR) is 121 cm³/mol. The summed E-state index contributed by atoms with van der Waals surface area (Å²) in [5.74, 6) is -0.793. The van der Waals surface area contributed by atoms with Crippen LogP contribution in [0.15, 0.2) is 83.9 Å². The van der Waals surface area contributed by atoms with Crippen molar-refractivity contribution in [2.75, 3.05) is 6.61 Å². The van der Waals surface area contributed by atoms with Gasteiger partial charge in [-0.1, -0.05) is 72.8 Å². The molecule has 6 nitrogen and oxygen atoms in total. The summed E-state index contributed by atoms with van der Waals surface area (Å²) < 4.78 is 45.4. The zero-order valence-corrected chi connectivity index (χ0v) is 18.2. The lowest BCUT2D eigenvalue weighted by Crippen LogP contribution is -2.27. The predicted octanol–water partition coefficient (Wildman–Crippen LogP) is 5.63. The molecule has 1 unspecified atom stereocenters. The molecule has 9 heteroatoms. The molecule has 34 heavy (non-hydrogen) atoms. The van der Waals surface area contributed by atoms with Gasteiger partial charge >= 0.3 is 12.1 Å². The van der Waals surface area contributed by atoms with E-state index < -0.39 is 40.8 Å². The van der Waals surface area contributed by atoms with Gasteiger partial charge in [0, 0.05) is 23.1 Å². The molecule has 0 saturated heterocycles. The average molecular weight is 470 g/mol. The summed E-state index contributed by atoms with van der Waals surface area (Å²) in [5.41, 5.74) is -0.993. The van der Waals surface area contributed by atoms with Crippen LogP contribution >= 0.6 is 0 Å². The maximum Gasteiger partial charge on any atom is 0.423 e. The van der Waals surface area contributed by atoms with Crippen molar-refractivity contribution in [3.63, 3.8) is 0 Å². The fraction of sp³-hybridized carbons (Fsp3) is 0.200. The van der Waals surface area contributed by atoms with Gasteiger partial charge in [-0.3, -0.25) is 15.1 Å². The summed E-state index contributed by atoms with van der Waals surface area (Å²) in [7, 11) is 0. The van der Waals surface area contributed by atoms with Crippen LogP contribution in [0.4, 0.5) is 18.9 Å². The number of carbonyl (C=O) groups is 1. The standard InChI is InChI=1S/C25H21F3N2O4/c1-2-34-24(31)21(16-19-14-9-15-20(25(26,27)28)23(19)30(32)33)29-22(17-10-5-3-6-11-17)18-12-7-4-8-13-18/h3-15,21H,2,16H2,1H3. The molecular weight excluding hydrogens is 449 g/mol. The summed E-state index contributed by atoms with van der Waals surface area (Å²) in [5, 5.41) is 11.6. The summed E-state index contributed by atoms with van der Waals surface area (Å²) in [4.78, 5) is 27.8. The number of nitro benzene ring substituents is 1. The first kappa shape index (κ1) is 24.6. The number of nitro groups is 1. The number of para-hydroxylation sites is 1. The van der Waals surface area contributed by atoms with Crippen LogP contribution in [0, 0.1) is 10.1 Å². The number of aliphatic imine (C=N–C) groups is 1. The molecule has 0 aromatic heterocycles. The van der Waals surface area contributed by atoms with Gasteiger partial charge in [0.1, 0.15) is 5.56 Å². The first-order valence-corrected chi connectivity index (χ1v) is 10.4. The highest BCUT2D eigenvalue weighted by molar-refractivity contribution is 6.13. The molecule has 0 radical (unpaired) electrons. The molecule has 0 aliphatic heterocycles. The third-order valence-corrected chi connectivity index (χ3v) is 4.96. The van der Waals surface area contributed by atoms with E-state index >= 15 is 0 Å². The normalized spacial score (nSPS) is 12.0. The Morgan fingerprint density at radius 1 is 0.971 bits per heavy atom. The molecule has 0 aliphatic rings. The molecule has 3 rings (SSSR count). The van der Waals surface area contributed by atoms with Crippen LogP contribution in [0.2, 0.25) is 0 Å². The van der Waals surface area contributed by atoms with Crippen LogP contribution in [-0.2, 0) is 22.1 Å². The minimum Gasteiger partial charge on any atom is -0.464 e. The van der Waals surface area contributed by atoms with Crippen LogP contribution in [0.25, 0.3) is 0 Å². The fourth-order valence-corrected chi connectivity index (χ4v) is 3.49. The highest BCUT2D eigenvalue weighted by Gasteiger charge is 2.40. The third kappa shape index (κ3) is 5.86. The molecule has 0 fully saturated rings. The topological polar surface area (TPSA) is 81.8 Å². The second kappa shape index (κ2) is 10.7. The maximum absolute atomic E-state index is 13.4.